The van der Waals surface area contributed by atoms with Crippen LogP contribution in [0.2, 0.25) is 0 Å². The van der Waals surface area contributed by atoms with Crippen LogP contribution in [0.1, 0.15) is 12.5 Å². The van der Waals surface area contributed by atoms with Gasteiger partial charge in [0.25, 0.3) is 0 Å². The summed E-state index contributed by atoms with van der Waals surface area (Å²) >= 11 is 0. The number of fused-ring (bicyclic) bond motifs is 3. The van der Waals surface area contributed by atoms with Crippen molar-refractivity contribution < 1.29 is 31.1 Å². The Morgan fingerprint density at radius 1 is 0.913 bits per heavy atom. The van der Waals surface area contributed by atoms with Crippen LogP contribution in [0, 0.1) is 0 Å². The van der Waals surface area contributed by atoms with Gasteiger partial charge in [-0.3, -0.25) is 0 Å². The minimum Gasteiger partial charge on any atom is -0.451 e. The molecule has 0 bridgehead atoms. The zero-order chi connectivity index (χ0) is 17.0. The van der Waals surface area contributed by atoms with Crippen LogP contribution in [0.3, 0.4) is 0 Å². The zero-order valence-corrected chi connectivity index (χ0v) is 11.6. The van der Waals surface area contributed by atoms with Crippen LogP contribution in [-0.4, -0.2) is 18.3 Å². The van der Waals surface area contributed by atoms with Gasteiger partial charge in [0, 0.05) is 12.5 Å². The maximum absolute atomic E-state index is 13.6. The molecule has 8 heteroatoms. The fourth-order valence-corrected chi connectivity index (χ4v) is 2.75. The predicted octanol–water partition coefficient (Wildman–Crippen LogP) is 5.24. The lowest BCUT2D eigenvalue weighted by Crippen LogP contribution is -2.57. The van der Waals surface area contributed by atoms with Gasteiger partial charge in [0.15, 0.2) is 5.90 Å². The molecule has 122 valence electrons. The molecule has 23 heavy (non-hydrogen) atoms. The summed E-state index contributed by atoms with van der Waals surface area (Å²) in [6.07, 6.45) is -11.4. The molecule has 0 fully saturated rings. The number of hydrogen-bond donors (Lipinski definition) is 0. The summed E-state index contributed by atoms with van der Waals surface area (Å²) in [4.78, 5) is 3.71. The van der Waals surface area contributed by atoms with Crippen LogP contribution in [0.25, 0.3) is 10.8 Å². The number of alkyl halides is 6. The smallest absolute Gasteiger partial charge is 0.442 e. The Bertz CT molecular complexity index is 792. The maximum atomic E-state index is 13.6. The van der Waals surface area contributed by atoms with E-state index in [0.29, 0.717) is 0 Å². The number of benzene rings is 2. The lowest BCUT2D eigenvalue weighted by atomic mass is 9.85. The van der Waals surface area contributed by atoms with Crippen molar-refractivity contribution in [2.75, 3.05) is 0 Å². The van der Waals surface area contributed by atoms with Crippen LogP contribution < -0.4 is 0 Å². The lowest BCUT2D eigenvalue weighted by molar-refractivity contribution is -0.370. The van der Waals surface area contributed by atoms with E-state index in [2.05, 4.69) is 9.73 Å². The Hall–Kier alpha value is -2.25. The highest BCUT2D eigenvalue weighted by Crippen LogP contribution is 2.58. The third-order valence-electron chi connectivity index (χ3n) is 3.64. The second-order valence-electron chi connectivity index (χ2n) is 5.09. The van der Waals surface area contributed by atoms with Gasteiger partial charge in [-0.1, -0.05) is 30.3 Å². The van der Waals surface area contributed by atoms with Gasteiger partial charge in [0.05, 0.1) is 5.69 Å². The molecule has 0 saturated carbocycles. The summed E-state index contributed by atoms with van der Waals surface area (Å²) in [5, 5.41) is 0.0402. The molecule has 0 aromatic heterocycles. The zero-order valence-electron chi connectivity index (χ0n) is 11.6. The average Bonchev–Trinajstić information content (AvgIpc) is 2.43. The van der Waals surface area contributed by atoms with Gasteiger partial charge >= 0.3 is 18.0 Å². The quantitative estimate of drug-likeness (QED) is 0.604. The molecule has 0 atom stereocenters. The molecule has 0 radical (unpaired) electrons. The number of halogens is 6. The van der Waals surface area contributed by atoms with Gasteiger partial charge in [-0.05, 0) is 16.8 Å². The lowest BCUT2D eigenvalue weighted by Gasteiger charge is -2.40. The van der Waals surface area contributed by atoms with E-state index in [4.69, 9.17) is 0 Å². The van der Waals surface area contributed by atoms with Gasteiger partial charge in [-0.15, -0.1) is 0 Å². The third-order valence-corrected chi connectivity index (χ3v) is 3.64. The first kappa shape index (κ1) is 15.6. The van der Waals surface area contributed by atoms with E-state index in [-0.39, 0.29) is 10.8 Å². The molecular weight excluding hydrogens is 324 g/mol. The first-order chi connectivity index (χ1) is 10.6. The third kappa shape index (κ3) is 2.08. The highest BCUT2D eigenvalue weighted by molar-refractivity contribution is 5.94. The minimum atomic E-state index is -5.71. The maximum Gasteiger partial charge on any atom is 0.442 e. The molecule has 0 saturated heterocycles. The number of ether oxygens (including phenoxy) is 1. The summed E-state index contributed by atoms with van der Waals surface area (Å²) in [6.45, 7) is 0.963. The molecule has 2 nitrogen and oxygen atoms in total. The standard InChI is InChI=1S/C15H9F6NO/c1-8-22-11-7-6-9-4-2-3-5-10(9)12(11)13(23-8,14(16,17)18)15(19,20)21/h2-7H,1H3. The van der Waals surface area contributed by atoms with E-state index in [1.165, 1.54) is 30.3 Å². The van der Waals surface area contributed by atoms with Crippen LogP contribution >= 0.6 is 0 Å². The molecule has 0 unspecified atom stereocenters. The Balaban J connectivity index is 2.52. The van der Waals surface area contributed by atoms with Crippen molar-refractivity contribution in [1.82, 2.24) is 0 Å². The summed E-state index contributed by atoms with van der Waals surface area (Å²) in [5.41, 5.74) is -5.87. The molecule has 0 spiro atoms. The summed E-state index contributed by atoms with van der Waals surface area (Å²) < 4.78 is 85.8. The highest BCUT2D eigenvalue weighted by Gasteiger charge is 2.76. The number of nitrogens with zero attached hydrogens (tertiary/aromatic N) is 1. The van der Waals surface area contributed by atoms with Gasteiger partial charge in [-0.25, -0.2) is 4.99 Å². The van der Waals surface area contributed by atoms with Crippen molar-refractivity contribution in [3.63, 3.8) is 0 Å². The summed E-state index contributed by atoms with van der Waals surface area (Å²) in [5.74, 6) is -0.692. The monoisotopic (exact) mass is 333 g/mol. The van der Waals surface area contributed by atoms with Crippen molar-refractivity contribution in [3.05, 3.63) is 42.0 Å². The Labute approximate surface area is 126 Å². The van der Waals surface area contributed by atoms with E-state index >= 15 is 0 Å². The van der Waals surface area contributed by atoms with Gasteiger partial charge in [0.1, 0.15) is 0 Å². The molecule has 0 aliphatic carbocycles. The molecule has 1 heterocycles. The fourth-order valence-electron chi connectivity index (χ4n) is 2.75. The van der Waals surface area contributed by atoms with Crippen molar-refractivity contribution in [1.29, 1.82) is 0 Å². The van der Waals surface area contributed by atoms with Crippen molar-refractivity contribution in [2.24, 2.45) is 4.99 Å². The van der Waals surface area contributed by atoms with Crippen LogP contribution in [0.4, 0.5) is 32.0 Å². The molecule has 1 aliphatic heterocycles. The molecule has 2 aromatic carbocycles. The Morgan fingerprint density at radius 2 is 1.52 bits per heavy atom. The predicted molar refractivity (Wildman–Crippen MR) is 71.6 cm³/mol. The number of rotatable bonds is 0. The number of hydrogen-bond acceptors (Lipinski definition) is 2. The Kier molecular flexibility index (Phi) is 3.14. The topological polar surface area (TPSA) is 21.6 Å². The van der Waals surface area contributed by atoms with E-state index in [0.717, 1.165) is 13.0 Å². The molecule has 0 amide bonds. The summed E-state index contributed by atoms with van der Waals surface area (Å²) in [6, 6.07) is 8.07. The Morgan fingerprint density at radius 3 is 2.13 bits per heavy atom. The van der Waals surface area contributed by atoms with Crippen LogP contribution in [-0.2, 0) is 10.3 Å². The van der Waals surface area contributed by atoms with Gasteiger partial charge < -0.3 is 4.74 Å². The molecule has 3 rings (SSSR count). The normalized spacial score (nSPS) is 17.4. The average molecular weight is 333 g/mol. The van der Waals surface area contributed by atoms with Crippen molar-refractivity contribution in [3.8, 4) is 0 Å². The first-order valence-electron chi connectivity index (χ1n) is 6.48. The van der Waals surface area contributed by atoms with Gasteiger partial charge in [-0.2, -0.15) is 26.3 Å². The number of aliphatic imine (C=N–C) groups is 1. The minimum absolute atomic E-state index is 0.198. The van der Waals surface area contributed by atoms with Gasteiger partial charge in [0.2, 0.25) is 0 Å². The van der Waals surface area contributed by atoms with Crippen LogP contribution in [0.5, 0.6) is 0 Å². The molecule has 0 N–H and O–H groups in total. The SMILES string of the molecule is CC1=Nc2ccc3ccccc3c2C(C(F)(F)F)(C(F)(F)F)O1. The fraction of sp³-hybridized carbons (Fsp3) is 0.267. The summed E-state index contributed by atoms with van der Waals surface area (Å²) in [7, 11) is 0. The second kappa shape index (κ2) is 4.62. The van der Waals surface area contributed by atoms with Crippen molar-refractivity contribution in [2.45, 2.75) is 24.9 Å². The molecular formula is C15H9F6NO. The molecule has 1 aliphatic rings. The first-order valence-corrected chi connectivity index (χ1v) is 6.48. The highest BCUT2D eigenvalue weighted by atomic mass is 19.4. The van der Waals surface area contributed by atoms with E-state index in [1.54, 1.807) is 0 Å². The van der Waals surface area contributed by atoms with Crippen LogP contribution in [0.15, 0.2) is 41.4 Å². The van der Waals surface area contributed by atoms with E-state index < -0.39 is 35.1 Å². The van der Waals surface area contributed by atoms with Crippen molar-refractivity contribution >= 4 is 22.4 Å². The largest absolute Gasteiger partial charge is 0.451 e. The van der Waals surface area contributed by atoms with E-state index in [1.807, 2.05) is 0 Å². The molecule has 2 aromatic rings. The van der Waals surface area contributed by atoms with E-state index in [9.17, 15) is 26.3 Å². The second-order valence-corrected chi connectivity index (χ2v) is 5.09.